The van der Waals surface area contributed by atoms with Crippen LogP contribution in [0.1, 0.15) is 12.6 Å². The number of hydrogen-bond acceptors (Lipinski definition) is 2. The highest BCUT2D eigenvalue weighted by molar-refractivity contribution is 6.35. The predicted molar refractivity (Wildman–Crippen MR) is 85.1 cm³/mol. The SMILES string of the molecule is CCn1c(COc2cccc(O)c2)cc2cccc(Cl)c21. The summed E-state index contributed by atoms with van der Waals surface area (Å²) in [6.07, 6.45) is 0. The number of rotatable bonds is 4. The molecular formula is C17H16ClNO2. The Morgan fingerprint density at radius 2 is 1.95 bits per heavy atom. The average Bonchev–Trinajstić information content (AvgIpc) is 2.84. The lowest BCUT2D eigenvalue weighted by Gasteiger charge is -2.10. The van der Waals surface area contributed by atoms with Crippen molar-refractivity contribution in [3.63, 3.8) is 0 Å². The highest BCUT2D eigenvalue weighted by Crippen LogP contribution is 2.28. The predicted octanol–water partition coefficient (Wildman–Crippen LogP) is 4.60. The van der Waals surface area contributed by atoms with Crippen LogP contribution in [0.4, 0.5) is 0 Å². The topological polar surface area (TPSA) is 34.4 Å². The third-order valence-electron chi connectivity index (χ3n) is 3.48. The Labute approximate surface area is 128 Å². The van der Waals surface area contributed by atoms with Gasteiger partial charge in [0.15, 0.2) is 0 Å². The van der Waals surface area contributed by atoms with E-state index in [1.807, 2.05) is 24.3 Å². The van der Waals surface area contributed by atoms with E-state index in [1.54, 1.807) is 18.2 Å². The zero-order chi connectivity index (χ0) is 14.8. The number of hydrogen-bond donors (Lipinski definition) is 1. The molecule has 0 fully saturated rings. The largest absolute Gasteiger partial charge is 0.508 e. The van der Waals surface area contributed by atoms with Gasteiger partial charge in [-0.3, -0.25) is 0 Å². The van der Waals surface area contributed by atoms with Gasteiger partial charge in [-0.25, -0.2) is 0 Å². The fourth-order valence-corrected chi connectivity index (χ4v) is 2.83. The molecule has 0 spiro atoms. The van der Waals surface area contributed by atoms with E-state index in [0.29, 0.717) is 12.4 Å². The molecule has 0 unspecified atom stereocenters. The highest BCUT2D eigenvalue weighted by atomic mass is 35.5. The van der Waals surface area contributed by atoms with Crippen LogP contribution in [-0.4, -0.2) is 9.67 Å². The van der Waals surface area contributed by atoms with Crippen molar-refractivity contribution in [2.75, 3.05) is 0 Å². The molecular weight excluding hydrogens is 286 g/mol. The minimum Gasteiger partial charge on any atom is -0.508 e. The minimum atomic E-state index is 0.201. The van der Waals surface area contributed by atoms with Crippen LogP contribution in [0.5, 0.6) is 11.5 Å². The number of nitrogens with zero attached hydrogens (tertiary/aromatic N) is 1. The molecule has 0 aliphatic heterocycles. The molecule has 1 aromatic heterocycles. The fourth-order valence-electron chi connectivity index (χ4n) is 2.55. The van der Waals surface area contributed by atoms with Crippen molar-refractivity contribution >= 4 is 22.5 Å². The van der Waals surface area contributed by atoms with Crippen LogP contribution in [0, 0.1) is 0 Å². The molecule has 1 heterocycles. The lowest BCUT2D eigenvalue weighted by Crippen LogP contribution is -2.04. The van der Waals surface area contributed by atoms with Crippen molar-refractivity contribution < 1.29 is 9.84 Å². The van der Waals surface area contributed by atoms with E-state index in [1.165, 1.54) is 0 Å². The smallest absolute Gasteiger partial charge is 0.128 e. The molecule has 0 saturated carbocycles. The van der Waals surface area contributed by atoms with Crippen LogP contribution in [0.25, 0.3) is 10.9 Å². The van der Waals surface area contributed by atoms with E-state index in [2.05, 4.69) is 17.6 Å². The second kappa shape index (κ2) is 5.70. The molecule has 0 bridgehead atoms. The van der Waals surface area contributed by atoms with Crippen molar-refractivity contribution in [3.8, 4) is 11.5 Å². The molecule has 0 saturated heterocycles. The van der Waals surface area contributed by atoms with Crippen molar-refractivity contribution in [1.82, 2.24) is 4.57 Å². The summed E-state index contributed by atoms with van der Waals surface area (Å²) in [4.78, 5) is 0. The molecule has 3 aromatic rings. The minimum absolute atomic E-state index is 0.201. The number of ether oxygens (including phenoxy) is 1. The lowest BCUT2D eigenvalue weighted by molar-refractivity contribution is 0.294. The van der Waals surface area contributed by atoms with E-state index in [9.17, 15) is 5.11 Å². The highest BCUT2D eigenvalue weighted by Gasteiger charge is 2.11. The van der Waals surface area contributed by atoms with Crippen LogP contribution < -0.4 is 4.74 Å². The second-order valence-electron chi connectivity index (χ2n) is 4.84. The van der Waals surface area contributed by atoms with Crippen molar-refractivity contribution in [3.05, 3.63) is 59.2 Å². The van der Waals surface area contributed by atoms with Gasteiger partial charge in [0.05, 0.1) is 16.2 Å². The van der Waals surface area contributed by atoms with Crippen molar-refractivity contribution in [1.29, 1.82) is 0 Å². The Kier molecular flexibility index (Phi) is 3.76. The first kappa shape index (κ1) is 13.8. The first-order valence-corrected chi connectivity index (χ1v) is 7.25. The quantitative estimate of drug-likeness (QED) is 0.764. The Morgan fingerprint density at radius 1 is 1.14 bits per heavy atom. The molecule has 0 aliphatic rings. The number of para-hydroxylation sites is 1. The Bertz CT molecular complexity index is 780. The third-order valence-corrected chi connectivity index (χ3v) is 3.78. The van der Waals surface area contributed by atoms with Crippen LogP contribution in [0.2, 0.25) is 5.02 Å². The van der Waals surface area contributed by atoms with Crippen LogP contribution in [0.15, 0.2) is 48.5 Å². The zero-order valence-electron chi connectivity index (χ0n) is 11.7. The number of fused-ring (bicyclic) bond motifs is 1. The first-order valence-electron chi connectivity index (χ1n) is 6.87. The first-order chi connectivity index (χ1) is 10.2. The second-order valence-corrected chi connectivity index (χ2v) is 5.25. The van der Waals surface area contributed by atoms with Gasteiger partial charge in [-0.05, 0) is 31.2 Å². The summed E-state index contributed by atoms with van der Waals surface area (Å²) < 4.78 is 7.91. The number of aryl methyl sites for hydroxylation is 1. The van der Waals surface area contributed by atoms with Crippen molar-refractivity contribution in [2.24, 2.45) is 0 Å². The van der Waals surface area contributed by atoms with Crippen molar-refractivity contribution in [2.45, 2.75) is 20.1 Å². The molecule has 3 rings (SSSR count). The van der Waals surface area contributed by atoms with Gasteiger partial charge >= 0.3 is 0 Å². The summed E-state index contributed by atoms with van der Waals surface area (Å²) >= 11 is 6.30. The molecule has 0 aliphatic carbocycles. The Morgan fingerprint density at radius 3 is 2.71 bits per heavy atom. The summed E-state index contributed by atoms with van der Waals surface area (Å²) in [6.45, 7) is 3.34. The van der Waals surface area contributed by atoms with Gasteiger partial charge in [-0.15, -0.1) is 0 Å². The van der Waals surface area contributed by atoms with Crippen LogP contribution in [-0.2, 0) is 13.2 Å². The molecule has 0 atom stereocenters. The molecule has 2 aromatic carbocycles. The molecule has 4 heteroatoms. The summed E-state index contributed by atoms with van der Waals surface area (Å²) in [6, 6.07) is 14.8. The molecule has 0 radical (unpaired) electrons. The van der Waals surface area contributed by atoms with E-state index in [4.69, 9.17) is 16.3 Å². The number of halogens is 1. The maximum absolute atomic E-state index is 9.46. The number of phenolic OH excluding ortho intramolecular Hbond substituents is 1. The maximum atomic E-state index is 9.46. The Hall–Kier alpha value is -2.13. The normalized spacial score (nSPS) is 11.0. The monoisotopic (exact) mass is 301 g/mol. The zero-order valence-corrected chi connectivity index (χ0v) is 12.5. The van der Waals surface area contributed by atoms with Crippen LogP contribution in [0.3, 0.4) is 0 Å². The number of aromatic nitrogens is 1. The fraction of sp³-hybridized carbons (Fsp3) is 0.176. The molecule has 1 N–H and O–H groups in total. The summed E-state index contributed by atoms with van der Waals surface area (Å²) in [5.74, 6) is 0.848. The van der Waals surface area contributed by atoms with Gasteiger partial charge in [0.25, 0.3) is 0 Å². The molecule has 108 valence electrons. The molecule has 0 amide bonds. The molecule has 21 heavy (non-hydrogen) atoms. The maximum Gasteiger partial charge on any atom is 0.128 e. The standard InChI is InChI=1S/C17H16ClNO2/c1-2-19-13(9-12-5-3-8-16(18)17(12)19)11-21-15-7-4-6-14(20)10-15/h3-10,20H,2,11H2,1H3. The third kappa shape index (κ3) is 2.69. The lowest BCUT2D eigenvalue weighted by atomic mass is 10.2. The van der Waals surface area contributed by atoms with E-state index in [0.717, 1.165) is 28.2 Å². The van der Waals surface area contributed by atoms with E-state index < -0.39 is 0 Å². The van der Waals surface area contributed by atoms with E-state index >= 15 is 0 Å². The summed E-state index contributed by atoms with van der Waals surface area (Å²) in [7, 11) is 0. The Balaban J connectivity index is 1.92. The number of benzene rings is 2. The molecule has 3 nitrogen and oxygen atoms in total. The van der Waals surface area contributed by atoms with E-state index in [-0.39, 0.29) is 5.75 Å². The van der Waals surface area contributed by atoms with Gasteiger partial charge in [0.1, 0.15) is 18.1 Å². The average molecular weight is 302 g/mol. The number of aromatic hydroxyl groups is 1. The van der Waals surface area contributed by atoms with Gasteiger partial charge < -0.3 is 14.4 Å². The van der Waals surface area contributed by atoms with Gasteiger partial charge in [0, 0.05) is 18.0 Å². The number of phenols is 1. The summed E-state index contributed by atoms with van der Waals surface area (Å²) in [5, 5.41) is 11.3. The summed E-state index contributed by atoms with van der Waals surface area (Å²) in [5.41, 5.74) is 2.10. The van der Waals surface area contributed by atoms with Gasteiger partial charge in [-0.1, -0.05) is 29.8 Å². The van der Waals surface area contributed by atoms with Gasteiger partial charge in [-0.2, -0.15) is 0 Å². The van der Waals surface area contributed by atoms with Gasteiger partial charge in [0.2, 0.25) is 0 Å². The van der Waals surface area contributed by atoms with Crippen LogP contribution >= 0.6 is 11.6 Å².